The van der Waals surface area contributed by atoms with Gasteiger partial charge in [-0.15, -0.1) is 6.58 Å². The minimum Gasteiger partial charge on any atom is -0.475 e. The van der Waals surface area contributed by atoms with Gasteiger partial charge in [-0.05, 0) is 13.8 Å². The van der Waals surface area contributed by atoms with Crippen LogP contribution in [-0.4, -0.2) is 62.1 Å². The predicted molar refractivity (Wildman–Crippen MR) is 118 cm³/mol. The molecule has 0 radical (unpaired) electrons. The van der Waals surface area contributed by atoms with Crippen LogP contribution < -0.4 is 21.5 Å². The molecule has 0 spiro atoms. The minimum atomic E-state index is -5.08. The summed E-state index contributed by atoms with van der Waals surface area (Å²) in [6.45, 7) is 11.8. The van der Waals surface area contributed by atoms with Gasteiger partial charge in [0.25, 0.3) is 5.56 Å². The largest absolute Gasteiger partial charge is 0.490 e. The van der Waals surface area contributed by atoms with Crippen molar-refractivity contribution in [3.8, 4) is 0 Å². The van der Waals surface area contributed by atoms with Crippen LogP contribution in [0.4, 0.5) is 19.1 Å². The van der Waals surface area contributed by atoms with Gasteiger partial charge in [-0.25, -0.2) is 9.59 Å². The second-order valence-corrected chi connectivity index (χ2v) is 7.56. The van der Waals surface area contributed by atoms with Gasteiger partial charge in [0.1, 0.15) is 0 Å². The van der Waals surface area contributed by atoms with Crippen LogP contribution in [-0.2, 0) is 24.9 Å². The molecule has 33 heavy (non-hydrogen) atoms. The number of rotatable bonds is 5. The van der Waals surface area contributed by atoms with Gasteiger partial charge in [0.2, 0.25) is 5.95 Å². The lowest BCUT2D eigenvalue weighted by Gasteiger charge is -2.28. The van der Waals surface area contributed by atoms with Gasteiger partial charge in [0, 0.05) is 46.3 Å². The van der Waals surface area contributed by atoms with Crippen LogP contribution in [0.25, 0.3) is 11.2 Å². The number of fused-ring (bicyclic) bond motifs is 1. The van der Waals surface area contributed by atoms with Gasteiger partial charge in [-0.3, -0.25) is 13.9 Å². The first kappa shape index (κ1) is 25.9. The van der Waals surface area contributed by atoms with E-state index in [1.807, 2.05) is 18.4 Å². The van der Waals surface area contributed by atoms with E-state index in [9.17, 15) is 22.8 Å². The van der Waals surface area contributed by atoms with Gasteiger partial charge in [-0.1, -0.05) is 17.7 Å². The Hall–Kier alpha value is -3.35. The van der Waals surface area contributed by atoms with Crippen LogP contribution in [0.15, 0.2) is 33.9 Å². The maximum atomic E-state index is 13.0. The van der Waals surface area contributed by atoms with Crippen molar-refractivity contribution in [3.05, 3.63) is 45.1 Å². The number of alkyl halides is 3. The lowest BCUT2D eigenvalue weighted by atomic mass is 10.3. The van der Waals surface area contributed by atoms with E-state index in [0.29, 0.717) is 17.7 Å². The van der Waals surface area contributed by atoms with Gasteiger partial charge < -0.3 is 19.9 Å². The highest BCUT2D eigenvalue weighted by Crippen LogP contribution is 2.20. The fourth-order valence-corrected chi connectivity index (χ4v) is 3.20. The molecule has 1 saturated heterocycles. The van der Waals surface area contributed by atoms with Gasteiger partial charge >= 0.3 is 17.8 Å². The number of anilines is 1. The molecule has 2 N–H and O–H groups in total. The fourth-order valence-electron chi connectivity index (χ4n) is 3.20. The van der Waals surface area contributed by atoms with Crippen molar-refractivity contribution < 1.29 is 23.1 Å². The Kier molecular flexibility index (Phi) is 8.25. The second-order valence-electron chi connectivity index (χ2n) is 7.56. The van der Waals surface area contributed by atoms with Crippen LogP contribution in [0.3, 0.4) is 0 Å². The Morgan fingerprint density at radius 2 is 1.76 bits per heavy atom. The Morgan fingerprint density at radius 3 is 2.24 bits per heavy atom. The Labute approximate surface area is 187 Å². The molecule has 1 aliphatic rings. The monoisotopic (exact) mass is 472 g/mol. The average molecular weight is 472 g/mol. The quantitative estimate of drug-likeness (QED) is 0.626. The summed E-state index contributed by atoms with van der Waals surface area (Å²) in [6, 6.07) is 0. The Bertz CT molecular complexity index is 1170. The number of piperazine rings is 1. The molecule has 3 rings (SSSR count). The highest BCUT2D eigenvalue weighted by molar-refractivity contribution is 5.75. The van der Waals surface area contributed by atoms with E-state index in [-0.39, 0.29) is 17.8 Å². The fraction of sp³-hybridized carbons (Fsp3) is 0.500. The summed E-state index contributed by atoms with van der Waals surface area (Å²) >= 11 is 0. The molecule has 13 heteroatoms. The summed E-state index contributed by atoms with van der Waals surface area (Å²) in [5.41, 5.74) is 1.35. The first-order valence-corrected chi connectivity index (χ1v) is 10.1. The zero-order valence-electron chi connectivity index (χ0n) is 18.6. The number of aliphatic carboxylic acids is 1. The predicted octanol–water partition coefficient (Wildman–Crippen LogP) is 1.09. The SMILES string of the molecule is C=CCn1c(=O)c2c(nc(N3CCNCC3)n2CC=C(C)C)n(C)c1=O.O=C(O)C(F)(F)F. The summed E-state index contributed by atoms with van der Waals surface area (Å²) < 4.78 is 36.3. The number of imidazole rings is 1. The molecular weight excluding hydrogens is 445 g/mol. The molecule has 2 aromatic rings. The summed E-state index contributed by atoms with van der Waals surface area (Å²) in [7, 11) is 1.66. The van der Waals surface area contributed by atoms with E-state index in [2.05, 4.69) is 22.9 Å². The molecule has 0 saturated carbocycles. The number of nitrogens with zero attached hydrogens (tertiary/aromatic N) is 5. The molecule has 1 fully saturated rings. The van der Waals surface area contributed by atoms with E-state index in [0.717, 1.165) is 37.7 Å². The maximum absolute atomic E-state index is 13.0. The maximum Gasteiger partial charge on any atom is 0.490 e. The highest BCUT2D eigenvalue weighted by atomic mass is 19.4. The van der Waals surface area contributed by atoms with Crippen LogP contribution in [0.5, 0.6) is 0 Å². The van der Waals surface area contributed by atoms with Crippen LogP contribution >= 0.6 is 0 Å². The highest BCUT2D eigenvalue weighted by Gasteiger charge is 2.38. The number of aryl methyl sites for hydroxylation is 1. The molecule has 0 aliphatic carbocycles. The molecule has 0 amide bonds. The van der Waals surface area contributed by atoms with Crippen LogP contribution in [0.2, 0.25) is 0 Å². The third kappa shape index (κ3) is 5.92. The van der Waals surface area contributed by atoms with E-state index < -0.39 is 12.1 Å². The normalized spacial score (nSPS) is 13.9. The molecule has 182 valence electrons. The number of nitrogens with one attached hydrogen (secondary N) is 1. The van der Waals surface area contributed by atoms with E-state index >= 15 is 0 Å². The van der Waals surface area contributed by atoms with Gasteiger partial charge in [-0.2, -0.15) is 18.2 Å². The Morgan fingerprint density at radius 1 is 1.18 bits per heavy atom. The third-order valence-corrected chi connectivity index (χ3v) is 4.85. The van der Waals surface area contributed by atoms with Crippen LogP contribution in [0, 0.1) is 0 Å². The molecule has 1 aliphatic heterocycles. The molecule has 0 aromatic carbocycles. The first-order valence-electron chi connectivity index (χ1n) is 10.1. The van der Waals surface area contributed by atoms with Crippen molar-refractivity contribution in [3.63, 3.8) is 0 Å². The summed E-state index contributed by atoms with van der Waals surface area (Å²) in [5.74, 6) is -2.02. The zero-order valence-corrected chi connectivity index (χ0v) is 18.6. The van der Waals surface area contributed by atoms with E-state index in [4.69, 9.17) is 14.9 Å². The number of carbonyl (C=O) groups is 1. The minimum absolute atomic E-state index is 0.179. The average Bonchev–Trinajstić information content (AvgIpc) is 3.14. The number of hydrogen-bond acceptors (Lipinski definition) is 6. The number of hydrogen-bond donors (Lipinski definition) is 2. The van der Waals surface area contributed by atoms with Crippen molar-refractivity contribution >= 4 is 23.1 Å². The van der Waals surface area contributed by atoms with Crippen LogP contribution in [0.1, 0.15) is 13.8 Å². The molecule has 2 aromatic heterocycles. The standard InChI is InChI=1S/C18H26N6O2.C2HF3O2/c1-5-9-24-16(25)14-15(21(4)18(24)26)20-17(22-11-7-19-8-12-22)23(14)10-6-13(2)3;3-2(4,5)1(6)7/h5-6,19H,1,7-12H2,2-4H3;(H,6,7). The van der Waals surface area contributed by atoms with E-state index in [1.165, 1.54) is 9.13 Å². The van der Waals surface area contributed by atoms with Crippen molar-refractivity contribution in [1.29, 1.82) is 0 Å². The molecule has 10 nitrogen and oxygen atoms in total. The molecular formula is C20H27F3N6O4. The van der Waals surface area contributed by atoms with Crippen molar-refractivity contribution in [2.75, 3.05) is 31.1 Å². The number of carboxylic acids is 1. The summed E-state index contributed by atoms with van der Waals surface area (Å²) in [6.07, 6.45) is -1.46. The van der Waals surface area contributed by atoms with Crippen molar-refractivity contribution in [2.45, 2.75) is 33.1 Å². The first-order chi connectivity index (χ1) is 15.4. The summed E-state index contributed by atoms with van der Waals surface area (Å²) in [4.78, 5) is 41.3. The number of aromatic nitrogens is 4. The topological polar surface area (TPSA) is 114 Å². The second kappa shape index (κ2) is 10.5. The molecule has 0 bridgehead atoms. The lowest BCUT2D eigenvalue weighted by Crippen LogP contribution is -2.44. The molecule has 3 heterocycles. The molecule has 0 unspecified atom stereocenters. The van der Waals surface area contributed by atoms with Gasteiger partial charge in [0.05, 0.1) is 0 Å². The van der Waals surface area contributed by atoms with Crippen molar-refractivity contribution in [2.24, 2.45) is 7.05 Å². The van der Waals surface area contributed by atoms with Crippen molar-refractivity contribution in [1.82, 2.24) is 24.0 Å². The number of halogens is 3. The third-order valence-electron chi connectivity index (χ3n) is 4.85. The lowest BCUT2D eigenvalue weighted by molar-refractivity contribution is -0.192. The van der Waals surface area contributed by atoms with Gasteiger partial charge in [0.15, 0.2) is 11.2 Å². The number of carboxylic acid groups (broad SMARTS) is 1. The molecule has 0 atom stereocenters. The smallest absolute Gasteiger partial charge is 0.475 e. The zero-order chi connectivity index (χ0) is 24.9. The van der Waals surface area contributed by atoms with E-state index in [1.54, 1.807) is 13.1 Å². The number of allylic oxidation sites excluding steroid dienone is 3. The summed E-state index contributed by atoms with van der Waals surface area (Å²) in [5, 5.41) is 10.4. The Balaban J connectivity index is 0.000000479.